The van der Waals surface area contributed by atoms with Crippen LogP contribution in [-0.4, -0.2) is 23.9 Å². The topological polar surface area (TPSA) is 29.5 Å². The predicted molar refractivity (Wildman–Crippen MR) is 37.7 cm³/mol. The number of methoxy groups -OCH3 is 1. The number of hydrogen-bond donors (Lipinski definition) is 1. The first kappa shape index (κ1) is 6.62. The van der Waals surface area contributed by atoms with E-state index in [0.29, 0.717) is 0 Å². The Kier molecular flexibility index (Phi) is 1.29. The Balaban J connectivity index is 2.19. The van der Waals surface area contributed by atoms with E-state index in [-0.39, 0.29) is 11.7 Å². The largest absolute Gasteiger partial charge is 0.390 e. The van der Waals surface area contributed by atoms with Crippen molar-refractivity contribution in [3.05, 3.63) is 0 Å². The van der Waals surface area contributed by atoms with E-state index in [9.17, 15) is 5.11 Å². The Bertz CT molecular complexity index is 146. The predicted octanol–water partition coefficient (Wildman–Crippen LogP) is 0.936. The van der Waals surface area contributed by atoms with Gasteiger partial charge in [-0.15, -0.1) is 0 Å². The lowest BCUT2D eigenvalue weighted by molar-refractivity contribution is -0.0853. The minimum atomic E-state index is -0.184. The molecule has 2 aliphatic rings. The van der Waals surface area contributed by atoms with Gasteiger partial charge in [-0.05, 0) is 31.6 Å². The van der Waals surface area contributed by atoms with Gasteiger partial charge in [-0.25, -0.2) is 0 Å². The Morgan fingerprint density at radius 3 is 2.70 bits per heavy atom. The highest BCUT2D eigenvalue weighted by atomic mass is 16.5. The van der Waals surface area contributed by atoms with Gasteiger partial charge in [0, 0.05) is 7.11 Å². The van der Waals surface area contributed by atoms with Crippen LogP contribution in [0.25, 0.3) is 0 Å². The highest BCUT2D eigenvalue weighted by molar-refractivity contribution is 5.03. The van der Waals surface area contributed by atoms with Crippen molar-refractivity contribution in [3.63, 3.8) is 0 Å². The smallest absolute Gasteiger partial charge is 0.0939 e. The average Bonchev–Trinajstić information content (AvgIpc) is 2.44. The highest BCUT2D eigenvalue weighted by Gasteiger charge is 2.51. The zero-order chi connectivity index (χ0) is 7.19. The number of rotatable bonds is 1. The highest BCUT2D eigenvalue weighted by Crippen LogP contribution is 2.49. The molecule has 2 fully saturated rings. The molecule has 2 aliphatic carbocycles. The summed E-state index contributed by atoms with van der Waals surface area (Å²) in [5, 5.41) is 9.54. The van der Waals surface area contributed by atoms with Crippen molar-refractivity contribution < 1.29 is 9.84 Å². The van der Waals surface area contributed by atoms with Gasteiger partial charge >= 0.3 is 0 Å². The molecule has 0 aromatic heterocycles. The third kappa shape index (κ3) is 0.663. The number of aliphatic hydroxyl groups excluding tert-OH is 1. The van der Waals surface area contributed by atoms with Crippen molar-refractivity contribution in [2.75, 3.05) is 7.11 Å². The maximum Gasteiger partial charge on any atom is 0.0939 e. The molecule has 2 saturated carbocycles. The lowest BCUT2D eigenvalue weighted by Gasteiger charge is -2.29. The summed E-state index contributed by atoms with van der Waals surface area (Å²) in [6.07, 6.45) is 4.19. The molecule has 0 amide bonds. The normalized spacial score (nSPS) is 52.2. The number of hydrogen-bond acceptors (Lipinski definition) is 2. The Labute approximate surface area is 61.2 Å². The van der Waals surface area contributed by atoms with Crippen LogP contribution in [0.4, 0.5) is 0 Å². The average molecular weight is 142 g/mol. The summed E-state index contributed by atoms with van der Waals surface area (Å²) >= 11 is 0. The molecule has 10 heavy (non-hydrogen) atoms. The quantitative estimate of drug-likeness (QED) is 0.590. The first-order valence-corrected chi connectivity index (χ1v) is 4.00. The maximum absolute atomic E-state index is 9.54. The van der Waals surface area contributed by atoms with E-state index in [1.54, 1.807) is 7.11 Å². The molecule has 1 N–H and O–H groups in total. The molecule has 0 saturated heterocycles. The molecule has 0 unspecified atom stereocenters. The summed E-state index contributed by atoms with van der Waals surface area (Å²) < 4.78 is 5.35. The van der Waals surface area contributed by atoms with Gasteiger partial charge in [-0.3, -0.25) is 0 Å². The molecule has 0 radical (unpaired) electrons. The maximum atomic E-state index is 9.54. The molecule has 2 nitrogen and oxygen atoms in total. The monoisotopic (exact) mass is 142 g/mol. The Morgan fingerprint density at radius 1 is 1.60 bits per heavy atom. The van der Waals surface area contributed by atoms with E-state index in [4.69, 9.17) is 4.74 Å². The van der Waals surface area contributed by atoms with Crippen molar-refractivity contribution in [2.24, 2.45) is 5.92 Å². The molecule has 3 atom stereocenters. The van der Waals surface area contributed by atoms with Crippen LogP contribution in [0.2, 0.25) is 0 Å². The molecule has 0 spiro atoms. The number of aliphatic hydroxyl groups is 1. The third-order valence-corrected chi connectivity index (χ3v) is 3.18. The van der Waals surface area contributed by atoms with Gasteiger partial charge in [0.25, 0.3) is 0 Å². The van der Waals surface area contributed by atoms with E-state index in [0.717, 1.165) is 25.2 Å². The molecule has 0 aliphatic heterocycles. The van der Waals surface area contributed by atoms with Crippen molar-refractivity contribution in [1.29, 1.82) is 0 Å². The fourth-order valence-electron chi connectivity index (χ4n) is 2.50. The minimum Gasteiger partial charge on any atom is -0.390 e. The summed E-state index contributed by atoms with van der Waals surface area (Å²) in [6.45, 7) is 0. The van der Waals surface area contributed by atoms with Crippen LogP contribution < -0.4 is 0 Å². The van der Waals surface area contributed by atoms with Crippen molar-refractivity contribution in [1.82, 2.24) is 0 Å². The number of ether oxygens (including phenoxy) is 1. The van der Waals surface area contributed by atoms with Crippen LogP contribution >= 0.6 is 0 Å². The first-order valence-electron chi connectivity index (χ1n) is 4.00. The third-order valence-electron chi connectivity index (χ3n) is 3.18. The van der Waals surface area contributed by atoms with Gasteiger partial charge in [0.05, 0.1) is 11.7 Å². The molecular formula is C8H14O2. The van der Waals surface area contributed by atoms with E-state index in [2.05, 4.69) is 0 Å². The van der Waals surface area contributed by atoms with Gasteiger partial charge in [-0.1, -0.05) is 0 Å². The molecule has 2 bridgehead atoms. The zero-order valence-corrected chi connectivity index (χ0v) is 6.34. The van der Waals surface area contributed by atoms with Crippen LogP contribution in [0.1, 0.15) is 25.7 Å². The first-order chi connectivity index (χ1) is 4.77. The minimum absolute atomic E-state index is 0.134. The van der Waals surface area contributed by atoms with E-state index >= 15 is 0 Å². The molecule has 2 heteroatoms. The standard InChI is InChI=1S/C8H14O2/c1-10-8-3-2-6(5-8)4-7(8)9/h6-7,9H,2-5H2,1H3/t6-,7-,8+/m1/s1. The zero-order valence-electron chi connectivity index (χ0n) is 6.34. The lowest BCUT2D eigenvalue weighted by atomic mass is 9.94. The SMILES string of the molecule is CO[C@]12CC[C@H](C[C@H]1O)C2. The summed E-state index contributed by atoms with van der Waals surface area (Å²) in [6, 6.07) is 0. The van der Waals surface area contributed by atoms with E-state index in [1.807, 2.05) is 0 Å². The van der Waals surface area contributed by atoms with Crippen LogP contribution in [0.5, 0.6) is 0 Å². The van der Waals surface area contributed by atoms with Gasteiger partial charge in [0.2, 0.25) is 0 Å². The van der Waals surface area contributed by atoms with Gasteiger partial charge in [-0.2, -0.15) is 0 Å². The van der Waals surface area contributed by atoms with Crippen molar-refractivity contribution in [3.8, 4) is 0 Å². The number of fused-ring (bicyclic) bond motifs is 2. The van der Waals surface area contributed by atoms with Crippen LogP contribution in [0.3, 0.4) is 0 Å². The fraction of sp³-hybridized carbons (Fsp3) is 1.00. The van der Waals surface area contributed by atoms with E-state index < -0.39 is 0 Å². The molecule has 0 heterocycles. The molecule has 0 aromatic carbocycles. The summed E-state index contributed by atoms with van der Waals surface area (Å²) in [5.41, 5.74) is -0.134. The molecule has 0 aromatic rings. The molecule has 58 valence electrons. The van der Waals surface area contributed by atoms with Gasteiger partial charge in [0.1, 0.15) is 0 Å². The second-order valence-electron chi connectivity index (χ2n) is 3.63. The second kappa shape index (κ2) is 1.95. The van der Waals surface area contributed by atoms with Crippen molar-refractivity contribution in [2.45, 2.75) is 37.4 Å². The van der Waals surface area contributed by atoms with Crippen molar-refractivity contribution >= 4 is 0 Å². The Hall–Kier alpha value is -0.0800. The van der Waals surface area contributed by atoms with Gasteiger partial charge in [0.15, 0.2) is 0 Å². The summed E-state index contributed by atoms with van der Waals surface area (Å²) in [4.78, 5) is 0. The van der Waals surface area contributed by atoms with Gasteiger partial charge < -0.3 is 9.84 Å². The fourth-order valence-corrected chi connectivity index (χ4v) is 2.50. The Morgan fingerprint density at radius 2 is 2.40 bits per heavy atom. The second-order valence-corrected chi connectivity index (χ2v) is 3.63. The van der Waals surface area contributed by atoms with E-state index in [1.165, 1.54) is 6.42 Å². The summed E-state index contributed by atoms with van der Waals surface area (Å²) in [7, 11) is 1.72. The molecular weight excluding hydrogens is 128 g/mol. The van der Waals surface area contributed by atoms with Crippen LogP contribution in [0.15, 0.2) is 0 Å². The van der Waals surface area contributed by atoms with Crippen LogP contribution in [0, 0.1) is 5.92 Å². The van der Waals surface area contributed by atoms with Crippen LogP contribution in [-0.2, 0) is 4.74 Å². The lowest BCUT2D eigenvalue weighted by Crippen LogP contribution is -2.38. The summed E-state index contributed by atoms with van der Waals surface area (Å²) in [5.74, 6) is 0.745. The molecule has 2 rings (SSSR count).